The van der Waals surface area contributed by atoms with E-state index >= 15 is 0 Å². The quantitative estimate of drug-likeness (QED) is 0.445. The van der Waals surface area contributed by atoms with E-state index in [9.17, 15) is 0 Å². The number of fused-ring (bicyclic) bond motifs is 1. The maximum absolute atomic E-state index is 5.73. The highest BCUT2D eigenvalue weighted by molar-refractivity contribution is 5.90. The van der Waals surface area contributed by atoms with Gasteiger partial charge in [0.1, 0.15) is 11.5 Å². The van der Waals surface area contributed by atoms with Crippen LogP contribution in [0.1, 0.15) is 5.56 Å². The molecule has 0 saturated heterocycles. The van der Waals surface area contributed by atoms with E-state index in [1.807, 2.05) is 66.9 Å². The molecular weight excluding hydrogens is 312 g/mol. The van der Waals surface area contributed by atoms with Crippen LogP contribution in [0.15, 0.2) is 66.9 Å². The van der Waals surface area contributed by atoms with Crippen LogP contribution < -0.4 is 16.4 Å². The Hall–Kier alpha value is -3.38. The molecular formula is C19H18N6. The van der Waals surface area contributed by atoms with Crippen molar-refractivity contribution in [3.8, 4) is 0 Å². The molecule has 0 aliphatic carbocycles. The van der Waals surface area contributed by atoms with Crippen molar-refractivity contribution in [2.75, 3.05) is 10.6 Å². The molecule has 0 fully saturated rings. The fourth-order valence-corrected chi connectivity index (χ4v) is 2.66. The van der Waals surface area contributed by atoms with Crippen LogP contribution in [0.4, 0.5) is 23.1 Å². The topological polar surface area (TPSA) is 91.7 Å². The summed E-state index contributed by atoms with van der Waals surface area (Å²) < 4.78 is 0. The molecule has 0 bridgehead atoms. The molecule has 0 aliphatic heterocycles. The molecule has 4 aromatic rings. The standard InChI is InChI=1S/C19H18N6/c20-12-13-5-4-8-15(11-13)22-18-16-9-10-21-17(16)24-19(25-18)23-14-6-2-1-3-7-14/h1-11H,12,20H2,(H3,21,22,23,24,25). The number of benzene rings is 2. The Morgan fingerprint density at radius 3 is 2.56 bits per heavy atom. The van der Waals surface area contributed by atoms with E-state index in [0.717, 1.165) is 33.8 Å². The highest BCUT2D eigenvalue weighted by atomic mass is 15.2. The molecule has 5 N–H and O–H groups in total. The van der Waals surface area contributed by atoms with Gasteiger partial charge in [0, 0.05) is 24.1 Å². The van der Waals surface area contributed by atoms with Gasteiger partial charge in [0.2, 0.25) is 5.95 Å². The molecule has 6 nitrogen and oxygen atoms in total. The Kier molecular flexibility index (Phi) is 4.02. The van der Waals surface area contributed by atoms with E-state index in [1.54, 1.807) is 0 Å². The van der Waals surface area contributed by atoms with Crippen molar-refractivity contribution < 1.29 is 0 Å². The Morgan fingerprint density at radius 2 is 1.72 bits per heavy atom. The maximum atomic E-state index is 5.73. The zero-order valence-corrected chi connectivity index (χ0v) is 13.5. The maximum Gasteiger partial charge on any atom is 0.231 e. The van der Waals surface area contributed by atoms with Gasteiger partial charge >= 0.3 is 0 Å². The summed E-state index contributed by atoms with van der Waals surface area (Å²) in [5.74, 6) is 1.26. The molecule has 0 radical (unpaired) electrons. The van der Waals surface area contributed by atoms with E-state index < -0.39 is 0 Å². The number of aromatic nitrogens is 3. The molecule has 0 atom stereocenters. The minimum Gasteiger partial charge on any atom is -0.346 e. The van der Waals surface area contributed by atoms with E-state index in [2.05, 4.69) is 25.6 Å². The summed E-state index contributed by atoms with van der Waals surface area (Å²) in [6, 6.07) is 19.8. The van der Waals surface area contributed by atoms with Gasteiger partial charge in [0.15, 0.2) is 0 Å². The highest BCUT2D eigenvalue weighted by Gasteiger charge is 2.09. The molecule has 25 heavy (non-hydrogen) atoms. The summed E-state index contributed by atoms with van der Waals surface area (Å²) in [5.41, 5.74) is 9.43. The Labute approximate surface area is 145 Å². The van der Waals surface area contributed by atoms with Gasteiger partial charge in [0.25, 0.3) is 0 Å². The van der Waals surface area contributed by atoms with Crippen LogP contribution in [0.2, 0.25) is 0 Å². The van der Waals surface area contributed by atoms with E-state index in [1.165, 1.54) is 0 Å². The normalized spacial score (nSPS) is 10.8. The fourth-order valence-electron chi connectivity index (χ4n) is 2.66. The van der Waals surface area contributed by atoms with Gasteiger partial charge in [-0.2, -0.15) is 9.97 Å². The minimum atomic E-state index is 0.500. The average Bonchev–Trinajstić information content (AvgIpc) is 3.12. The van der Waals surface area contributed by atoms with Crippen LogP contribution in [0, 0.1) is 0 Å². The van der Waals surface area contributed by atoms with Crippen LogP contribution in [0.25, 0.3) is 11.0 Å². The summed E-state index contributed by atoms with van der Waals surface area (Å²) in [7, 11) is 0. The van der Waals surface area contributed by atoms with E-state index in [0.29, 0.717) is 12.5 Å². The third-order valence-corrected chi connectivity index (χ3v) is 3.87. The number of rotatable bonds is 5. The highest BCUT2D eigenvalue weighted by Crippen LogP contribution is 2.26. The van der Waals surface area contributed by atoms with Crippen molar-refractivity contribution in [2.45, 2.75) is 6.54 Å². The predicted molar refractivity (Wildman–Crippen MR) is 101 cm³/mol. The number of hydrogen-bond acceptors (Lipinski definition) is 5. The van der Waals surface area contributed by atoms with Crippen LogP contribution in [0.5, 0.6) is 0 Å². The lowest BCUT2D eigenvalue weighted by atomic mass is 10.2. The molecule has 6 heteroatoms. The zero-order valence-electron chi connectivity index (χ0n) is 13.5. The SMILES string of the molecule is NCc1cccc(Nc2nc(Nc3ccccc3)nc3[nH]ccc23)c1. The zero-order chi connectivity index (χ0) is 17.1. The number of para-hydroxylation sites is 1. The van der Waals surface area contributed by atoms with Crippen LogP contribution in [-0.2, 0) is 6.54 Å². The predicted octanol–water partition coefficient (Wildman–Crippen LogP) is 3.90. The van der Waals surface area contributed by atoms with Gasteiger partial charge < -0.3 is 21.4 Å². The second-order valence-corrected chi connectivity index (χ2v) is 5.66. The van der Waals surface area contributed by atoms with Crippen molar-refractivity contribution in [1.82, 2.24) is 15.0 Å². The van der Waals surface area contributed by atoms with Gasteiger partial charge in [-0.05, 0) is 35.9 Å². The third-order valence-electron chi connectivity index (χ3n) is 3.87. The molecule has 0 saturated carbocycles. The van der Waals surface area contributed by atoms with Crippen molar-refractivity contribution in [2.24, 2.45) is 5.73 Å². The summed E-state index contributed by atoms with van der Waals surface area (Å²) in [6.07, 6.45) is 1.85. The van der Waals surface area contributed by atoms with Crippen molar-refractivity contribution in [3.05, 3.63) is 72.4 Å². The largest absolute Gasteiger partial charge is 0.346 e. The van der Waals surface area contributed by atoms with Gasteiger partial charge in [0.05, 0.1) is 5.39 Å². The molecule has 124 valence electrons. The minimum absolute atomic E-state index is 0.500. The molecule has 2 aromatic heterocycles. The first-order chi connectivity index (χ1) is 12.3. The summed E-state index contributed by atoms with van der Waals surface area (Å²) in [5, 5.41) is 7.53. The number of anilines is 4. The van der Waals surface area contributed by atoms with Crippen LogP contribution >= 0.6 is 0 Å². The first-order valence-electron chi connectivity index (χ1n) is 8.05. The van der Waals surface area contributed by atoms with Gasteiger partial charge in [-0.3, -0.25) is 0 Å². The van der Waals surface area contributed by atoms with Crippen LogP contribution in [0.3, 0.4) is 0 Å². The van der Waals surface area contributed by atoms with Gasteiger partial charge in [-0.15, -0.1) is 0 Å². The van der Waals surface area contributed by atoms with Crippen molar-refractivity contribution in [1.29, 1.82) is 0 Å². The fraction of sp³-hybridized carbons (Fsp3) is 0.0526. The number of hydrogen-bond donors (Lipinski definition) is 4. The molecule has 0 aliphatic rings. The summed E-state index contributed by atoms with van der Waals surface area (Å²) >= 11 is 0. The second kappa shape index (κ2) is 6.62. The van der Waals surface area contributed by atoms with Crippen LogP contribution in [-0.4, -0.2) is 15.0 Å². The summed E-state index contributed by atoms with van der Waals surface area (Å²) in [6.45, 7) is 0.500. The number of aromatic amines is 1. The van der Waals surface area contributed by atoms with Gasteiger partial charge in [-0.25, -0.2) is 0 Å². The summed E-state index contributed by atoms with van der Waals surface area (Å²) in [4.78, 5) is 12.3. The Balaban J connectivity index is 1.70. The van der Waals surface area contributed by atoms with Crippen molar-refractivity contribution in [3.63, 3.8) is 0 Å². The molecule has 0 amide bonds. The molecule has 2 heterocycles. The van der Waals surface area contributed by atoms with Crippen molar-refractivity contribution >= 4 is 34.2 Å². The molecule has 0 unspecified atom stereocenters. The Morgan fingerprint density at radius 1 is 0.880 bits per heavy atom. The average molecular weight is 330 g/mol. The lowest BCUT2D eigenvalue weighted by Crippen LogP contribution is -2.02. The lowest BCUT2D eigenvalue weighted by Gasteiger charge is -2.11. The number of nitrogens with zero attached hydrogens (tertiary/aromatic N) is 2. The number of nitrogens with one attached hydrogen (secondary N) is 3. The molecule has 4 rings (SSSR count). The molecule has 0 spiro atoms. The first kappa shape index (κ1) is 15.2. The smallest absolute Gasteiger partial charge is 0.231 e. The lowest BCUT2D eigenvalue weighted by molar-refractivity contribution is 1.07. The monoisotopic (exact) mass is 330 g/mol. The first-order valence-corrected chi connectivity index (χ1v) is 8.05. The number of H-pyrrole nitrogens is 1. The van der Waals surface area contributed by atoms with E-state index in [4.69, 9.17) is 5.73 Å². The van der Waals surface area contributed by atoms with Gasteiger partial charge in [-0.1, -0.05) is 30.3 Å². The molecule has 2 aromatic carbocycles. The van der Waals surface area contributed by atoms with E-state index in [-0.39, 0.29) is 0 Å². The number of nitrogens with two attached hydrogens (primary N) is 1. The Bertz CT molecular complexity index is 993. The second-order valence-electron chi connectivity index (χ2n) is 5.66. The third kappa shape index (κ3) is 3.29.